The molecule has 2 heterocycles. The molecule has 4 rings (SSSR count). The number of piperidine rings is 1. The fraction of sp³-hybridized carbons (Fsp3) is 0.316. The monoisotopic (exact) mass is 360 g/mol. The lowest BCUT2D eigenvalue weighted by Crippen LogP contribution is -2.45. The summed E-state index contributed by atoms with van der Waals surface area (Å²) in [5.41, 5.74) is 1.05. The third kappa shape index (κ3) is 3.29. The van der Waals surface area contributed by atoms with Crippen molar-refractivity contribution in [2.45, 2.75) is 18.9 Å². The van der Waals surface area contributed by atoms with Crippen molar-refractivity contribution in [2.75, 3.05) is 25.2 Å². The van der Waals surface area contributed by atoms with Gasteiger partial charge in [-0.15, -0.1) is 0 Å². The Bertz CT molecular complexity index is 844. The molecule has 7 heteroatoms. The van der Waals surface area contributed by atoms with E-state index in [2.05, 4.69) is 5.32 Å². The van der Waals surface area contributed by atoms with Crippen LogP contribution in [0.2, 0.25) is 0 Å². The zero-order valence-corrected chi connectivity index (χ0v) is 14.0. The van der Waals surface area contributed by atoms with E-state index in [-0.39, 0.29) is 18.7 Å². The number of nitrogens with one attached hydrogen (secondary N) is 1. The molecule has 2 aromatic carbocycles. The molecule has 2 aliphatic heterocycles. The van der Waals surface area contributed by atoms with Crippen molar-refractivity contribution < 1.29 is 23.0 Å². The molecule has 1 amide bonds. The summed E-state index contributed by atoms with van der Waals surface area (Å²) in [6.45, 7) is 1.31. The fourth-order valence-electron chi connectivity index (χ4n) is 3.31. The minimum atomic E-state index is -0.890. The highest BCUT2D eigenvalue weighted by Gasteiger charge is 2.26. The maximum absolute atomic E-state index is 13.4. The van der Waals surface area contributed by atoms with Gasteiger partial charge in [0.05, 0.1) is 0 Å². The Morgan fingerprint density at radius 3 is 2.77 bits per heavy atom. The Morgan fingerprint density at radius 1 is 1.08 bits per heavy atom. The van der Waals surface area contributed by atoms with Crippen LogP contribution in [0.3, 0.4) is 0 Å². The lowest BCUT2D eigenvalue weighted by atomic mass is 10.0. The number of carbonyl (C=O) groups is 1. The van der Waals surface area contributed by atoms with Gasteiger partial charge in [-0.25, -0.2) is 8.78 Å². The van der Waals surface area contributed by atoms with Crippen LogP contribution in [-0.2, 0) is 0 Å². The van der Waals surface area contributed by atoms with Gasteiger partial charge in [0.1, 0.15) is 0 Å². The van der Waals surface area contributed by atoms with E-state index >= 15 is 0 Å². The zero-order valence-electron chi connectivity index (χ0n) is 14.0. The van der Waals surface area contributed by atoms with Crippen LogP contribution in [0.25, 0.3) is 0 Å². The second kappa shape index (κ2) is 6.82. The molecule has 0 aliphatic carbocycles. The SMILES string of the molecule is O=C(c1ccc2c(c1)OCO2)N1CCCC(Nc2ccc(F)c(F)c2)C1. The maximum Gasteiger partial charge on any atom is 0.254 e. The summed E-state index contributed by atoms with van der Waals surface area (Å²) >= 11 is 0. The van der Waals surface area contributed by atoms with Crippen molar-refractivity contribution in [3.8, 4) is 11.5 Å². The zero-order chi connectivity index (χ0) is 18.1. The van der Waals surface area contributed by atoms with E-state index in [0.29, 0.717) is 35.8 Å². The lowest BCUT2D eigenvalue weighted by molar-refractivity contribution is 0.0714. The molecule has 136 valence electrons. The first-order chi connectivity index (χ1) is 12.6. The van der Waals surface area contributed by atoms with E-state index < -0.39 is 11.6 Å². The van der Waals surface area contributed by atoms with Gasteiger partial charge in [-0.1, -0.05) is 0 Å². The molecular formula is C19H18F2N2O3. The van der Waals surface area contributed by atoms with Crippen molar-refractivity contribution in [3.05, 3.63) is 53.6 Å². The summed E-state index contributed by atoms with van der Waals surface area (Å²) in [4.78, 5) is 14.6. The number of nitrogens with zero attached hydrogens (tertiary/aromatic N) is 1. The van der Waals surface area contributed by atoms with Crippen LogP contribution in [0.1, 0.15) is 23.2 Å². The van der Waals surface area contributed by atoms with Crippen molar-refractivity contribution in [1.29, 1.82) is 0 Å². The third-order valence-corrected chi connectivity index (χ3v) is 4.62. The normalized spacial score (nSPS) is 18.7. The van der Waals surface area contributed by atoms with Crippen LogP contribution in [0.15, 0.2) is 36.4 Å². The second-order valence-electron chi connectivity index (χ2n) is 6.43. The number of fused-ring (bicyclic) bond motifs is 1. The molecule has 1 atom stereocenters. The van der Waals surface area contributed by atoms with E-state index in [9.17, 15) is 13.6 Å². The highest BCUT2D eigenvalue weighted by molar-refractivity contribution is 5.95. The Balaban J connectivity index is 1.44. The summed E-state index contributed by atoms with van der Waals surface area (Å²) in [6, 6.07) is 8.85. The number of halogens is 2. The van der Waals surface area contributed by atoms with Crippen molar-refractivity contribution in [3.63, 3.8) is 0 Å². The highest BCUT2D eigenvalue weighted by Crippen LogP contribution is 2.33. The number of amides is 1. The fourth-order valence-corrected chi connectivity index (χ4v) is 3.31. The molecule has 0 spiro atoms. The number of benzene rings is 2. The van der Waals surface area contributed by atoms with Gasteiger partial charge in [-0.2, -0.15) is 0 Å². The summed E-state index contributed by atoms with van der Waals surface area (Å²) in [6.07, 6.45) is 1.68. The van der Waals surface area contributed by atoms with E-state index in [1.165, 1.54) is 6.07 Å². The number of anilines is 1. The minimum Gasteiger partial charge on any atom is -0.454 e. The Kier molecular flexibility index (Phi) is 4.36. The number of likely N-dealkylation sites (tertiary alicyclic amines) is 1. The predicted molar refractivity (Wildman–Crippen MR) is 91.5 cm³/mol. The van der Waals surface area contributed by atoms with Gasteiger partial charge in [-0.05, 0) is 43.2 Å². The Morgan fingerprint density at radius 2 is 1.92 bits per heavy atom. The summed E-state index contributed by atoms with van der Waals surface area (Å²) in [5.74, 6) is -0.639. The molecule has 2 aliphatic rings. The minimum absolute atomic E-state index is 0.0217. The second-order valence-corrected chi connectivity index (χ2v) is 6.43. The van der Waals surface area contributed by atoms with Crippen molar-refractivity contribution >= 4 is 11.6 Å². The Labute approximate surface area is 149 Å². The first kappa shape index (κ1) is 16.6. The largest absolute Gasteiger partial charge is 0.454 e. The van der Waals surface area contributed by atoms with Gasteiger partial charge in [0, 0.05) is 36.4 Å². The molecule has 1 N–H and O–H groups in total. The molecule has 26 heavy (non-hydrogen) atoms. The van der Waals surface area contributed by atoms with E-state index in [0.717, 1.165) is 25.0 Å². The molecular weight excluding hydrogens is 342 g/mol. The average Bonchev–Trinajstić information content (AvgIpc) is 3.12. The topological polar surface area (TPSA) is 50.8 Å². The molecule has 0 bridgehead atoms. The predicted octanol–water partition coefficient (Wildman–Crippen LogP) is 3.41. The van der Waals surface area contributed by atoms with Gasteiger partial charge < -0.3 is 19.7 Å². The van der Waals surface area contributed by atoms with Gasteiger partial charge >= 0.3 is 0 Å². The number of hydrogen-bond donors (Lipinski definition) is 1. The molecule has 1 unspecified atom stereocenters. The average molecular weight is 360 g/mol. The molecule has 0 aromatic heterocycles. The van der Waals surface area contributed by atoms with Gasteiger partial charge in [0.2, 0.25) is 6.79 Å². The van der Waals surface area contributed by atoms with Crippen LogP contribution in [-0.4, -0.2) is 36.7 Å². The van der Waals surface area contributed by atoms with Crippen molar-refractivity contribution in [1.82, 2.24) is 4.90 Å². The molecule has 5 nitrogen and oxygen atoms in total. The van der Waals surface area contributed by atoms with Crippen LogP contribution < -0.4 is 14.8 Å². The number of ether oxygens (including phenoxy) is 2. The molecule has 2 aromatic rings. The van der Waals surface area contributed by atoms with E-state index in [4.69, 9.17) is 9.47 Å². The van der Waals surface area contributed by atoms with Crippen LogP contribution in [0.5, 0.6) is 11.5 Å². The van der Waals surface area contributed by atoms with E-state index in [1.54, 1.807) is 23.1 Å². The summed E-state index contributed by atoms with van der Waals surface area (Å²) < 4.78 is 37.0. The first-order valence-electron chi connectivity index (χ1n) is 8.50. The lowest BCUT2D eigenvalue weighted by Gasteiger charge is -2.33. The maximum atomic E-state index is 13.4. The highest BCUT2D eigenvalue weighted by atomic mass is 19.2. The summed E-state index contributed by atoms with van der Waals surface area (Å²) in [7, 11) is 0. The van der Waals surface area contributed by atoms with Gasteiger partial charge in [0.15, 0.2) is 23.1 Å². The molecule has 1 saturated heterocycles. The molecule has 1 fully saturated rings. The van der Waals surface area contributed by atoms with Gasteiger partial charge in [0.25, 0.3) is 5.91 Å². The van der Waals surface area contributed by atoms with Crippen LogP contribution in [0, 0.1) is 11.6 Å². The number of rotatable bonds is 3. The Hall–Kier alpha value is -2.83. The number of carbonyl (C=O) groups excluding carboxylic acids is 1. The smallest absolute Gasteiger partial charge is 0.254 e. The number of hydrogen-bond acceptors (Lipinski definition) is 4. The first-order valence-corrected chi connectivity index (χ1v) is 8.50. The van der Waals surface area contributed by atoms with E-state index in [1.807, 2.05) is 0 Å². The summed E-state index contributed by atoms with van der Waals surface area (Å²) in [5, 5.41) is 3.18. The quantitative estimate of drug-likeness (QED) is 0.911. The van der Waals surface area contributed by atoms with Gasteiger partial charge in [-0.3, -0.25) is 4.79 Å². The third-order valence-electron chi connectivity index (χ3n) is 4.62. The van der Waals surface area contributed by atoms with Crippen LogP contribution in [0.4, 0.5) is 14.5 Å². The van der Waals surface area contributed by atoms with Crippen molar-refractivity contribution in [2.24, 2.45) is 0 Å². The molecule has 0 radical (unpaired) electrons. The van der Waals surface area contributed by atoms with Crippen LogP contribution >= 0.6 is 0 Å². The standard InChI is InChI=1S/C19H18F2N2O3/c20-15-5-4-13(9-16(15)21)22-14-2-1-7-23(10-14)19(24)12-3-6-17-18(8-12)26-11-25-17/h3-6,8-9,14,22H,1-2,7,10-11H2. The molecule has 0 saturated carbocycles.